The minimum absolute atomic E-state index is 0.0139. The zero-order valence-corrected chi connectivity index (χ0v) is 17.3. The molecule has 0 saturated carbocycles. The van der Waals surface area contributed by atoms with Crippen LogP contribution >= 0.6 is 0 Å². The Kier molecular flexibility index (Phi) is 6.25. The van der Waals surface area contributed by atoms with Crippen LogP contribution in [0.25, 0.3) is 0 Å². The lowest BCUT2D eigenvalue weighted by atomic mass is 10.0. The molecule has 1 fully saturated rings. The standard InChI is InChI=1S/C23H23F3N2O4/c24-23(25,26)17-4-1-3-16(13-17)18(14-28-8-2-5-22(28)30)27-21(29)12-15-6-7-19-20(11-15)32-10-9-31-19/h1,3-4,6-7,11,13,18H,2,5,8-10,12,14H2,(H,27,29)/t18-/m0/s1. The fraction of sp³-hybridized carbons (Fsp3) is 0.391. The van der Waals surface area contributed by atoms with E-state index in [2.05, 4.69) is 5.32 Å². The molecule has 0 radical (unpaired) electrons. The molecule has 2 aromatic carbocycles. The number of hydrogen-bond acceptors (Lipinski definition) is 4. The number of fused-ring (bicyclic) bond motifs is 1. The minimum Gasteiger partial charge on any atom is -0.486 e. The van der Waals surface area contributed by atoms with Gasteiger partial charge in [0.1, 0.15) is 13.2 Å². The number of alkyl halides is 3. The second kappa shape index (κ2) is 9.10. The molecular formula is C23H23F3N2O4. The van der Waals surface area contributed by atoms with E-state index in [0.717, 1.165) is 12.1 Å². The number of nitrogens with zero attached hydrogens (tertiary/aromatic N) is 1. The van der Waals surface area contributed by atoms with Crippen molar-refractivity contribution in [3.8, 4) is 11.5 Å². The number of rotatable bonds is 6. The van der Waals surface area contributed by atoms with Crippen LogP contribution in [0.2, 0.25) is 0 Å². The summed E-state index contributed by atoms with van der Waals surface area (Å²) in [5.41, 5.74) is 0.190. The Morgan fingerprint density at radius 3 is 2.59 bits per heavy atom. The molecule has 2 aromatic rings. The van der Waals surface area contributed by atoms with E-state index in [0.29, 0.717) is 55.2 Å². The van der Waals surface area contributed by atoms with E-state index < -0.39 is 17.8 Å². The minimum atomic E-state index is -4.50. The molecule has 9 heteroatoms. The average Bonchev–Trinajstić information content (AvgIpc) is 3.17. The predicted molar refractivity (Wildman–Crippen MR) is 109 cm³/mol. The van der Waals surface area contributed by atoms with Crippen LogP contribution in [0.4, 0.5) is 13.2 Å². The second-order valence-electron chi connectivity index (χ2n) is 7.84. The van der Waals surface area contributed by atoms with Gasteiger partial charge in [-0.15, -0.1) is 0 Å². The molecule has 170 valence electrons. The molecule has 2 aliphatic heterocycles. The van der Waals surface area contributed by atoms with Gasteiger partial charge >= 0.3 is 6.18 Å². The Hall–Kier alpha value is -3.23. The number of ether oxygens (including phenoxy) is 2. The Balaban J connectivity index is 1.52. The van der Waals surface area contributed by atoms with E-state index in [1.54, 1.807) is 23.1 Å². The third-order valence-electron chi connectivity index (χ3n) is 5.50. The first kappa shape index (κ1) is 22.0. The first-order valence-corrected chi connectivity index (χ1v) is 10.4. The lowest BCUT2D eigenvalue weighted by molar-refractivity contribution is -0.137. The summed E-state index contributed by atoms with van der Waals surface area (Å²) in [4.78, 5) is 26.5. The Labute approximate surface area is 183 Å². The number of nitrogens with one attached hydrogen (secondary N) is 1. The highest BCUT2D eigenvalue weighted by Crippen LogP contribution is 2.32. The SMILES string of the molecule is O=C(Cc1ccc2c(c1)OCCO2)N[C@@H](CN1CCCC1=O)c1cccc(C(F)(F)F)c1. The lowest BCUT2D eigenvalue weighted by Gasteiger charge is -2.26. The van der Waals surface area contributed by atoms with Gasteiger partial charge in [-0.3, -0.25) is 9.59 Å². The van der Waals surface area contributed by atoms with Crippen LogP contribution in [0.3, 0.4) is 0 Å². The summed E-state index contributed by atoms with van der Waals surface area (Å²) in [6.07, 6.45) is -3.39. The van der Waals surface area contributed by atoms with Crippen molar-refractivity contribution in [2.24, 2.45) is 0 Å². The molecule has 0 aliphatic carbocycles. The second-order valence-corrected chi connectivity index (χ2v) is 7.84. The van der Waals surface area contributed by atoms with Crippen molar-refractivity contribution in [3.63, 3.8) is 0 Å². The average molecular weight is 448 g/mol. The summed E-state index contributed by atoms with van der Waals surface area (Å²) in [6, 6.07) is 9.28. The zero-order chi connectivity index (χ0) is 22.7. The molecule has 0 spiro atoms. The smallest absolute Gasteiger partial charge is 0.416 e. The first-order valence-electron chi connectivity index (χ1n) is 10.4. The van der Waals surface area contributed by atoms with Crippen LogP contribution in [0, 0.1) is 0 Å². The largest absolute Gasteiger partial charge is 0.486 e. The van der Waals surface area contributed by atoms with E-state index in [1.165, 1.54) is 12.1 Å². The van der Waals surface area contributed by atoms with Crippen molar-refractivity contribution in [3.05, 3.63) is 59.2 Å². The van der Waals surface area contributed by atoms with Crippen LogP contribution in [0.1, 0.15) is 35.6 Å². The molecule has 2 aliphatic rings. The summed E-state index contributed by atoms with van der Waals surface area (Å²) in [5, 5.41) is 2.82. The molecule has 1 atom stereocenters. The van der Waals surface area contributed by atoms with E-state index in [4.69, 9.17) is 9.47 Å². The van der Waals surface area contributed by atoms with Crippen molar-refractivity contribution in [2.45, 2.75) is 31.5 Å². The Morgan fingerprint density at radius 2 is 1.88 bits per heavy atom. The number of likely N-dealkylation sites (tertiary alicyclic amines) is 1. The van der Waals surface area contributed by atoms with Gasteiger partial charge in [-0.25, -0.2) is 0 Å². The topological polar surface area (TPSA) is 67.9 Å². The van der Waals surface area contributed by atoms with Gasteiger partial charge in [-0.1, -0.05) is 18.2 Å². The van der Waals surface area contributed by atoms with Gasteiger partial charge in [0.05, 0.1) is 18.0 Å². The predicted octanol–water partition coefficient (Wildman–Crippen LogP) is 3.50. The van der Waals surface area contributed by atoms with Crippen LogP contribution in [0.15, 0.2) is 42.5 Å². The first-order chi connectivity index (χ1) is 15.3. The molecular weight excluding hydrogens is 425 g/mol. The molecule has 4 rings (SSSR count). The number of amides is 2. The van der Waals surface area contributed by atoms with Crippen molar-refractivity contribution in [2.75, 3.05) is 26.3 Å². The Bertz CT molecular complexity index is 1010. The van der Waals surface area contributed by atoms with Crippen molar-refractivity contribution >= 4 is 11.8 Å². The van der Waals surface area contributed by atoms with Gasteiger partial charge in [0.2, 0.25) is 11.8 Å². The fourth-order valence-corrected chi connectivity index (χ4v) is 3.91. The maximum atomic E-state index is 13.2. The quantitative estimate of drug-likeness (QED) is 0.735. The number of carbonyl (C=O) groups excluding carboxylic acids is 2. The summed E-state index contributed by atoms with van der Waals surface area (Å²) < 4.78 is 50.6. The van der Waals surface area contributed by atoms with Crippen LogP contribution < -0.4 is 14.8 Å². The number of carbonyl (C=O) groups is 2. The van der Waals surface area contributed by atoms with Gasteiger partial charge in [0, 0.05) is 19.5 Å². The number of halogens is 3. The number of benzene rings is 2. The molecule has 2 amide bonds. The van der Waals surface area contributed by atoms with Crippen LogP contribution in [-0.4, -0.2) is 43.0 Å². The molecule has 1 saturated heterocycles. The van der Waals surface area contributed by atoms with Crippen molar-refractivity contribution in [1.29, 1.82) is 0 Å². The van der Waals surface area contributed by atoms with Gasteiger partial charge < -0.3 is 19.7 Å². The summed E-state index contributed by atoms with van der Waals surface area (Å²) in [5.74, 6) is 0.729. The zero-order valence-electron chi connectivity index (χ0n) is 17.3. The van der Waals surface area contributed by atoms with Gasteiger partial charge in [-0.05, 0) is 41.8 Å². The molecule has 32 heavy (non-hydrogen) atoms. The molecule has 6 nitrogen and oxygen atoms in total. The molecule has 0 aromatic heterocycles. The summed E-state index contributed by atoms with van der Waals surface area (Å²) in [6.45, 7) is 1.52. The maximum absolute atomic E-state index is 13.2. The van der Waals surface area contributed by atoms with Crippen molar-refractivity contribution in [1.82, 2.24) is 10.2 Å². The molecule has 2 heterocycles. The highest BCUT2D eigenvalue weighted by molar-refractivity contribution is 5.80. The van der Waals surface area contributed by atoms with E-state index in [1.807, 2.05) is 0 Å². The lowest BCUT2D eigenvalue weighted by Crippen LogP contribution is -2.39. The van der Waals surface area contributed by atoms with E-state index in [-0.39, 0.29) is 24.8 Å². The molecule has 0 unspecified atom stereocenters. The normalized spacial score (nSPS) is 16.7. The summed E-state index contributed by atoms with van der Waals surface area (Å²) in [7, 11) is 0. The molecule has 0 bridgehead atoms. The van der Waals surface area contributed by atoms with Gasteiger partial charge in [-0.2, -0.15) is 13.2 Å². The molecule has 1 N–H and O–H groups in total. The van der Waals surface area contributed by atoms with Gasteiger partial charge in [0.25, 0.3) is 0 Å². The van der Waals surface area contributed by atoms with Crippen molar-refractivity contribution < 1.29 is 32.2 Å². The Morgan fingerprint density at radius 1 is 1.09 bits per heavy atom. The highest BCUT2D eigenvalue weighted by atomic mass is 19.4. The van der Waals surface area contributed by atoms with Crippen LogP contribution in [0.5, 0.6) is 11.5 Å². The third kappa shape index (κ3) is 5.15. The monoisotopic (exact) mass is 448 g/mol. The van der Waals surface area contributed by atoms with E-state index in [9.17, 15) is 22.8 Å². The maximum Gasteiger partial charge on any atom is 0.416 e. The van der Waals surface area contributed by atoms with Gasteiger partial charge in [0.15, 0.2) is 11.5 Å². The summed E-state index contributed by atoms with van der Waals surface area (Å²) >= 11 is 0. The van der Waals surface area contributed by atoms with E-state index >= 15 is 0 Å². The highest BCUT2D eigenvalue weighted by Gasteiger charge is 2.32. The van der Waals surface area contributed by atoms with Crippen LogP contribution in [-0.2, 0) is 22.2 Å². The third-order valence-corrected chi connectivity index (χ3v) is 5.50. The number of hydrogen-bond donors (Lipinski definition) is 1. The fourth-order valence-electron chi connectivity index (χ4n) is 3.91.